The quantitative estimate of drug-likeness (QED) is 0.0830. The first-order chi connectivity index (χ1) is 22.3. The molecule has 4 nitrogen and oxygen atoms in total. The highest BCUT2D eigenvalue weighted by molar-refractivity contribution is 7.00. The second-order valence-corrected chi connectivity index (χ2v) is 17.8. The van der Waals surface area contributed by atoms with E-state index in [9.17, 15) is 5.11 Å². The van der Waals surface area contributed by atoms with Crippen LogP contribution in [-0.2, 0) is 0 Å². The maximum atomic E-state index is 10.4. The molecular weight excluding hydrogens is 585 g/mol. The minimum absolute atomic E-state index is 0.198. The van der Waals surface area contributed by atoms with Crippen LogP contribution in [0, 0.1) is 17.8 Å². The largest absolute Gasteiger partial charge is 0.529 e. The number of allylic oxidation sites excluding steroid dienone is 1. The second kappa shape index (κ2) is 17.5. The molecule has 0 spiro atoms. The third-order valence-electron chi connectivity index (χ3n) is 9.25. The van der Waals surface area contributed by atoms with Crippen LogP contribution in [0.1, 0.15) is 97.0 Å². The molecule has 0 saturated heterocycles. The first-order valence-corrected chi connectivity index (χ1v) is 19.1. The van der Waals surface area contributed by atoms with Gasteiger partial charge in [0.05, 0.1) is 20.3 Å². The minimum atomic E-state index is -2.88. The van der Waals surface area contributed by atoms with E-state index in [0.717, 1.165) is 37.7 Å². The van der Waals surface area contributed by atoms with E-state index in [1.807, 2.05) is 30.3 Å². The number of ether oxygens (including phenoxy) is 2. The molecule has 1 aliphatic carbocycles. The monoisotopic (exact) mass is 638 g/mol. The highest BCUT2D eigenvalue weighted by Crippen LogP contribution is 2.45. The average Bonchev–Trinajstić information content (AvgIpc) is 3.08. The van der Waals surface area contributed by atoms with E-state index in [0.29, 0.717) is 23.2 Å². The lowest BCUT2D eigenvalue weighted by atomic mass is 9.85. The Kier molecular flexibility index (Phi) is 13.4. The van der Waals surface area contributed by atoms with Crippen LogP contribution in [0.15, 0.2) is 84.9 Å². The summed E-state index contributed by atoms with van der Waals surface area (Å²) in [5.74, 6) is 9.03. The number of unbranched alkanes of at least 4 members (excludes halogenated alkanes) is 5. The van der Waals surface area contributed by atoms with Crippen molar-refractivity contribution in [1.82, 2.24) is 0 Å². The van der Waals surface area contributed by atoms with E-state index in [1.54, 1.807) is 14.2 Å². The van der Waals surface area contributed by atoms with Gasteiger partial charge in [0.25, 0.3) is 0 Å². The second-order valence-electron chi connectivity index (χ2n) is 13.5. The van der Waals surface area contributed by atoms with Gasteiger partial charge in [0.15, 0.2) is 17.2 Å². The molecule has 246 valence electrons. The van der Waals surface area contributed by atoms with Crippen LogP contribution in [0.3, 0.4) is 0 Å². The van der Waals surface area contributed by atoms with E-state index in [2.05, 4.69) is 87.2 Å². The van der Waals surface area contributed by atoms with Gasteiger partial charge in [-0.1, -0.05) is 138 Å². The summed E-state index contributed by atoms with van der Waals surface area (Å²) in [4.78, 5) is 0. The summed E-state index contributed by atoms with van der Waals surface area (Å²) in [6.45, 7) is 6.78. The number of rotatable bonds is 14. The first-order valence-electron chi connectivity index (χ1n) is 17.2. The highest BCUT2D eigenvalue weighted by atomic mass is 28.4. The molecule has 0 heterocycles. The Morgan fingerprint density at radius 2 is 1.39 bits per heavy atom. The van der Waals surface area contributed by atoms with Gasteiger partial charge in [0, 0.05) is 12.0 Å². The van der Waals surface area contributed by atoms with Crippen molar-refractivity contribution in [2.75, 3.05) is 14.2 Å². The number of hydrogen-bond acceptors (Lipinski definition) is 4. The number of benzene rings is 3. The fourth-order valence-corrected chi connectivity index (χ4v) is 11.2. The zero-order chi connectivity index (χ0) is 32.8. The van der Waals surface area contributed by atoms with E-state index in [-0.39, 0.29) is 11.1 Å². The summed E-state index contributed by atoms with van der Waals surface area (Å²) in [6.07, 6.45) is 16.6. The molecule has 1 unspecified atom stereocenters. The highest BCUT2D eigenvalue weighted by Gasteiger charge is 2.52. The van der Waals surface area contributed by atoms with Crippen molar-refractivity contribution in [3.63, 3.8) is 0 Å². The van der Waals surface area contributed by atoms with Crippen molar-refractivity contribution >= 4 is 18.7 Å². The topological polar surface area (TPSA) is 47.9 Å². The molecule has 1 fully saturated rings. The number of methoxy groups -OCH3 is 2. The summed E-state index contributed by atoms with van der Waals surface area (Å²) in [5.41, 5.74) is 0.852. The number of hydrogen-bond donors (Lipinski definition) is 1. The Morgan fingerprint density at radius 3 is 1.93 bits per heavy atom. The summed E-state index contributed by atoms with van der Waals surface area (Å²) in [6, 6.07) is 25.1. The van der Waals surface area contributed by atoms with Gasteiger partial charge >= 0.3 is 8.32 Å². The molecule has 1 atom stereocenters. The van der Waals surface area contributed by atoms with Crippen molar-refractivity contribution in [2.24, 2.45) is 5.92 Å². The van der Waals surface area contributed by atoms with Crippen LogP contribution in [0.4, 0.5) is 0 Å². The molecule has 0 amide bonds. The summed E-state index contributed by atoms with van der Waals surface area (Å²) in [7, 11) is 0.471. The van der Waals surface area contributed by atoms with Gasteiger partial charge in [-0.2, -0.15) is 0 Å². The van der Waals surface area contributed by atoms with Crippen molar-refractivity contribution in [1.29, 1.82) is 0 Å². The first kappa shape index (κ1) is 35.4. The SMILES string of the molecule is COc1cc(C#CCCCCCC/C=C/C(O)C2CCCCC2)cc(OC)c1O[Si](c1ccccc1)(c1ccccc1)C(C)(C)C. The normalized spacial score (nSPS) is 14.8. The molecule has 4 rings (SSSR count). The van der Waals surface area contributed by atoms with Gasteiger partial charge in [-0.3, -0.25) is 0 Å². The van der Waals surface area contributed by atoms with Crippen LogP contribution < -0.4 is 24.3 Å². The Morgan fingerprint density at radius 1 is 0.826 bits per heavy atom. The van der Waals surface area contributed by atoms with Gasteiger partial charge in [-0.15, -0.1) is 0 Å². The zero-order valence-corrected chi connectivity index (χ0v) is 29.7. The van der Waals surface area contributed by atoms with Gasteiger partial charge in [0.1, 0.15) is 0 Å². The van der Waals surface area contributed by atoms with Crippen molar-refractivity contribution < 1.29 is 19.0 Å². The minimum Gasteiger partial charge on any atom is -0.529 e. The molecular formula is C41H54O4Si. The van der Waals surface area contributed by atoms with Crippen molar-refractivity contribution in [3.05, 3.63) is 90.5 Å². The van der Waals surface area contributed by atoms with Gasteiger partial charge < -0.3 is 19.0 Å². The summed E-state index contributed by atoms with van der Waals surface area (Å²) < 4.78 is 19.2. The van der Waals surface area contributed by atoms with Crippen LogP contribution in [0.2, 0.25) is 5.04 Å². The fourth-order valence-electron chi connectivity index (χ4n) is 6.72. The van der Waals surface area contributed by atoms with Crippen LogP contribution >= 0.6 is 0 Å². The molecule has 0 radical (unpaired) electrons. The fraction of sp³-hybridized carbons (Fsp3) is 0.463. The lowest BCUT2D eigenvalue weighted by Gasteiger charge is -2.43. The van der Waals surface area contributed by atoms with E-state index < -0.39 is 8.32 Å². The Balaban J connectivity index is 1.42. The molecule has 0 aromatic heterocycles. The maximum absolute atomic E-state index is 10.4. The van der Waals surface area contributed by atoms with Crippen molar-refractivity contribution in [2.45, 2.75) is 103 Å². The van der Waals surface area contributed by atoms with Crippen LogP contribution in [-0.4, -0.2) is 33.7 Å². The zero-order valence-electron chi connectivity index (χ0n) is 28.7. The average molecular weight is 639 g/mol. The van der Waals surface area contributed by atoms with Crippen LogP contribution in [0.5, 0.6) is 17.2 Å². The molecule has 1 N–H and O–H groups in total. The van der Waals surface area contributed by atoms with Gasteiger partial charge in [0.2, 0.25) is 0 Å². The van der Waals surface area contributed by atoms with Crippen molar-refractivity contribution in [3.8, 4) is 29.1 Å². The number of aliphatic hydroxyl groups excluding tert-OH is 1. The predicted octanol–water partition coefficient (Wildman–Crippen LogP) is 8.83. The maximum Gasteiger partial charge on any atom is 0.320 e. The molecule has 0 bridgehead atoms. The van der Waals surface area contributed by atoms with E-state index in [1.165, 1.54) is 48.9 Å². The molecule has 5 heteroatoms. The Labute approximate surface area is 279 Å². The van der Waals surface area contributed by atoms with Gasteiger partial charge in [-0.05, 0) is 65.6 Å². The third kappa shape index (κ3) is 9.08. The molecule has 1 saturated carbocycles. The molecule has 0 aliphatic heterocycles. The van der Waals surface area contributed by atoms with E-state index in [4.69, 9.17) is 13.9 Å². The standard InChI is InChI=1S/C41H54O4Si/c1-41(2,3)46(35-26-18-13-19-27-35,36-28-20-14-21-29-36)45-40-38(43-4)31-33(32-39(40)44-5)23-15-10-8-6-7-9-11-22-30-37(42)34-24-16-12-17-25-34/h13-14,18-22,26-32,34,37,42H,6-12,16-17,24-25H2,1-5H3/b30-22+. The Bertz CT molecular complexity index is 1360. The predicted molar refractivity (Wildman–Crippen MR) is 194 cm³/mol. The summed E-state index contributed by atoms with van der Waals surface area (Å²) in [5, 5.41) is 12.6. The molecule has 46 heavy (non-hydrogen) atoms. The smallest absolute Gasteiger partial charge is 0.320 e. The lowest BCUT2D eigenvalue weighted by Crippen LogP contribution is -2.68. The molecule has 3 aromatic rings. The van der Waals surface area contributed by atoms with Crippen LogP contribution in [0.25, 0.3) is 0 Å². The molecule has 1 aliphatic rings. The Hall–Kier alpha value is -3.46. The third-order valence-corrected chi connectivity index (χ3v) is 14.2. The van der Waals surface area contributed by atoms with Gasteiger partial charge in [-0.25, -0.2) is 0 Å². The lowest BCUT2D eigenvalue weighted by molar-refractivity contribution is 0.125. The van der Waals surface area contributed by atoms with E-state index >= 15 is 0 Å². The molecule has 3 aromatic carbocycles. The number of aliphatic hydroxyl groups is 1. The summed E-state index contributed by atoms with van der Waals surface area (Å²) >= 11 is 0.